The van der Waals surface area contributed by atoms with Crippen LogP contribution >= 0.6 is 0 Å². The summed E-state index contributed by atoms with van der Waals surface area (Å²) >= 11 is 0. The number of hydrogen-bond acceptors (Lipinski definition) is 7. The third-order valence-electron chi connectivity index (χ3n) is 5.70. The van der Waals surface area contributed by atoms with E-state index in [1.54, 1.807) is 0 Å². The van der Waals surface area contributed by atoms with Crippen molar-refractivity contribution in [2.45, 2.75) is 24.7 Å². The molecule has 1 aromatic heterocycles. The molecule has 8 heteroatoms. The van der Waals surface area contributed by atoms with Crippen LogP contribution in [0.5, 0.6) is 0 Å². The highest BCUT2D eigenvalue weighted by molar-refractivity contribution is 5.79. The van der Waals surface area contributed by atoms with Crippen molar-refractivity contribution < 1.29 is 24.9 Å². The maximum atomic E-state index is 12.2. The van der Waals surface area contributed by atoms with Gasteiger partial charge in [-0.3, -0.25) is 0 Å². The van der Waals surface area contributed by atoms with E-state index in [4.69, 9.17) is 10.5 Å². The van der Waals surface area contributed by atoms with Crippen LogP contribution in [-0.2, 0) is 11.3 Å². The molecule has 3 aromatic rings. The summed E-state index contributed by atoms with van der Waals surface area (Å²) in [6.45, 7) is -0.412. The highest BCUT2D eigenvalue weighted by Gasteiger charge is 2.29. The van der Waals surface area contributed by atoms with E-state index in [-0.39, 0.29) is 37.1 Å². The topological polar surface area (TPSA) is 138 Å². The molecule has 6 N–H and O–H groups in total. The fourth-order valence-corrected chi connectivity index (χ4v) is 4.00. The van der Waals surface area contributed by atoms with Gasteiger partial charge < -0.3 is 31.1 Å². The Kier molecular flexibility index (Phi) is 6.36. The van der Waals surface area contributed by atoms with Crippen LogP contribution in [-0.4, -0.2) is 45.7 Å². The van der Waals surface area contributed by atoms with Crippen LogP contribution in [0.25, 0.3) is 11.1 Å². The average Bonchev–Trinajstić information content (AvgIpc) is 3.14. The highest BCUT2D eigenvalue weighted by atomic mass is 16.5. The first kappa shape index (κ1) is 21.8. The molecule has 4 rings (SSSR count). The van der Waals surface area contributed by atoms with E-state index in [9.17, 15) is 20.1 Å². The van der Waals surface area contributed by atoms with Gasteiger partial charge in [0, 0.05) is 29.8 Å². The second kappa shape index (κ2) is 9.35. The lowest BCUT2D eigenvalue weighted by molar-refractivity contribution is 0.0183. The number of carbonyl (C=O) groups is 1. The van der Waals surface area contributed by atoms with Gasteiger partial charge in [-0.2, -0.15) is 0 Å². The summed E-state index contributed by atoms with van der Waals surface area (Å²) in [5.41, 5.74) is 10.7. The standard InChI is InChI=1S/C24H25N3O5/c25-23-15(12-28)9-14(10-26-23)22(30)21(29)11-27-24(31)32-13-20-18-7-3-1-5-16(18)17-6-2-4-8-19(17)20/h1-10,20-22,28-30H,11-13H2,(H2,25,26)(H,27,31). The van der Waals surface area contributed by atoms with Gasteiger partial charge in [0.25, 0.3) is 0 Å². The molecule has 0 aliphatic heterocycles. The molecule has 8 nitrogen and oxygen atoms in total. The smallest absolute Gasteiger partial charge is 0.407 e. The maximum absolute atomic E-state index is 12.2. The summed E-state index contributed by atoms with van der Waals surface area (Å²) < 4.78 is 5.42. The molecule has 0 fully saturated rings. The first-order chi connectivity index (χ1) is 15.5. The number of amides is 1. The zero-order chi connectivity index (χ0) is 22.7. The zero-order valence-corrected chi connectivity index (χ0v) is 17.3. The van der Waals surface area contributed by atoms with Gasteiger partial charge in [-0.15, -0.1) is 0 Å². The normalized spacial score (nSPS) is 14.3. The molecule has 166 valence electrons. The minimum absolute atomic E-state index is 0.0681. The number of aliphatic hydroxyl groups excluding tert-OH is 3. The molecular formula is C24H25N3O5. The molecule has 0 saturated heterocycles. The number of fused-ring (bicyclic) bond motifs is 3. The molecule has 0 spiro atoms. The van der Waals surface area contributed by atoms with Crippen molar-refractivity contribution in [2.24, 2.45) is 0 Å². The number of hydrogen-bond donors (Lipinski definition) is 5. The predicted octanol–water partition coefficient (Wildman–Crippen LogP) is 2.09. The third-order valence-corrected chi connectivity index (χ3v) is 5.70. The first-order valence-corrected chi connectivity index (χ1v) is 10.3. The Hall–Kier alpha value is -3.46. The first-order valence-electron chi connectivity index (χ1n) is 10.3. The monoisotopic (exact) mass is 435 g/mol. The van der Waals surface area contributed by atoms with Crippen molar-refractivity contribution in [2.75, 3.05) is 18.9 Å². The molecule has 2 aromatic carbocycles. The van der Waals surface area contributed by atoms with Gasteiger partial charge >= 0.3 is 6.09 Å². The molecule has 0 saturated carbocycles. The minimum atomic E-state index is -1.32. The quantitative estimate of drug-likeness (QED) is 0.383. The number of nitrogens with one attached hydrogen (secondary N) is 1. The molecule has 0 radical (unpaired) electrons. The number of aromatic nitrogens is 1. The number of nitrogen functional groups attached to an aromatic ring is 1. The molecule has 32 heavy (non-hydrogen) atoms. The second-order valence-corrected chi connectivity index (χ2v) is 7.69. The average molecular weight is 435 g/mol. The van der Waals surface area contributed by atoms with Crippen LogP contribution in [0.1, 0.15) is 34.3 Å². The largest absolute Gasteiger partial charge is 0.449 e. The fourth-order valence-electron chi connectivity index (χ4n) is 4.00. The second-order valence-electron chi connectivity index (χ2n) is 7.69. The molecule has 1 aliphatic rings. The number of nitrogens with two attached hydrogens (primary N) is 1. The van der Waals surface area contributed by atoms with Gasteiger partial charge in [0.2, 0.25) is 0 Å². The Bertz CT molecular complexity index is 1070. The number of pyridine rings is 1. The summed E-state index contributed by atoms with van der Waals surface area (Å²) in [4.78, 5) is 16.1. The predicted molar refractivity (Wildman–Crippen MR) is 119 cm³/mol. The van der Waals surface area contributed by atoms with Crippen molar-refractivity contribution >= 4 is 11.9 Å². The SMILES string of the molecule is Nc1ncc(C(O)C(O)CNC(=O)OCC2c3ccccc3-c3ccccc32)cc1CO. The number of alkyl carbamates (subject to hydrolysis) is 1. The zero-order valence-electron chi connectivity index (χ0n) is 17.3. The van der Waals surface area contributed by atoms with Crippen LogP contribution < -0.4 is 11.1 Å². The molecule has 2 unspecified atom stereocenters. The van der Waals surface area contributed by atoms with Gasteiger partial charge in [0.05, 0.1) is 6.61 Å². The minimum Gasteiger partial charge on any atom is -0.449 e. The van der Waals surface area contributed by atoms with Gasteiger partial charge in [-0.1, -0.05) is 48.5 Å². The molecule has 1 heterocycles. The maximum Gasteiger partial charge on any atom is 0.407 e. The lowest BCUT2D eigenvalue weighted by atomic mass is 9.98. The Morgan fingerprint density at radius 3 is 2.34 bits per heavy atom. The van der Waals surface area contributed by atoms with Crippen LogP contribution in [0.2, 0.25) is 0 Å². The number of aliphatic hydroxyl groups is 3. The molecule has 2 atom stereocenters. The summed E-state index contributed by atoms with van der Waals surface area (Å²) in [5.74, 6) is 0.0797. The Labute approximate surface area is 185 Å². The molecule has 1 amide bonds. The van der Waals surface area contributed by atoms with Crippen molar-refractivity contribution in [3.8, 4) is 11.1 Å². The summed E-state index contributed by atoms with van der Waals surface area (Å²) in [6.07, 6.45) is -1.99. The van der Waals surface area contributed by atoms with E-state index in [1.807, 2.05) is 36.4 Å². The Balaban J connectivity index is 1.34. The molecule has 1 aliphatic carbocycles. The Morgan fingerprint density at radius 1 is 1.09 bits per heavy atom. The van der Waals surface area contributed by atoms with E-state index >= 15 is 0 Å². The van der Waals surface area contributed by atoms with E-state index in [0.29, 0.717) is 5.56 Å². The van der Waals surface area contributed by atoms with E-state index < -0.39 is 18.3 Å². The van der Waals surface area contributed by atoms with Gasteiger partial charge in [-0.05, 0) is 28.3 Å². The van der Waals surface area contributed by atoms with E-state index in [0.717, 1.165) is 22.3 Å². The Morgan fingerprint density at radius 2 is 1.72 bits per heavy atom. The van der Waals surface area contributed by atoms with E-state index in [1.165, 1.54) is 12.3 Å². The molecule has 0 bridgehead atoms. The third kappa shape index (κ3) is 4.29. The van der Waals surface area contributed by atoms with Crippen molar-refractivity contribution in [3.05, 3.63) is 83.0 Å². The van der Waals surface area contributed by atoms with Crippen LogP contribution in [0, 0.1) is 0 Å². The van der Waals surface area contributed by atoms with E-state index in [2.05, 4.69) is 22.4 Å². The summed E-state index contributed by atoms with van der Waals surface area (Å²) in [7, 11) is 0. The number of rotatable bonds is 7. The lowest BCUT2D eigenvalue weighted by Gasteiger charge is -2.20. The van der Waals surface area contributed by atoms with Gasteiger partial charge in [0.1, 0.15) is 24.6 Å². The highest BCUT2D eigenvalue weighted by Crippen LogP contribution is 2.44. The number of carbonyl (C=O) groups excluding carboxylic acids is 1. The lowest BCUT2D eigenvalue weighted by Crippen LogP contribution is -2.36. The van der Waals surface area contributed by atoms with Gasteiger partial charge in [-0.25, -0.2) is 9.78 Å². The number of benzene rings is 2. The summed E-state index contributed by atoms with van der Waals surface area (Å²) in [5, 5.41) is 32.3. The molecular weight excluding hydrogens is 410 g/mol. The fraction of sp³-hybridized carbons (Fsp3) is 0.250. The van der Waals surface area contributed by atoms with Crippen LogP contribution in [0.4, 0.5) is 10.6 Å². The number of nitrogens with zero attached hydrogens (tertiary/aromatic N) is 1. The van der Waals surface area contributed by atoms with Crippen LogP contribution in [0.15, 0.2) is 60.8 Å². The van der Waals surface area contributed by atoms with Crippen molar-refractivity contribution in [3.63, 3.8) is 0 Å². The number of ether oxygens (including phenoxy) is 1. The number of anilines is 1. The van der Waals surface area contributed by atoms with Crippen molar-refractivity contribution in [1.82, 2.24) is 10.3 Å². The summed E-state index contributed by atoms with van der Waals surface area (Å²) in [6, 6.07) is 17.5. The van der Waals surface area contributed by atoms with Crippen molar-refractivity contribution in [1.29, 1.82) is 0 Å². The van der Waals surface area contributed by atoms with Gasteiger partial charge in [0.15, 0.2) is 0 Å². The van der Waals surface area contributed by atoms with Crippen LogP contribution in [0.3, 0.4) is 0 Å².